The third kappa shape index (κ3) is 6.42. The van der Waals surface area contributed by atoms with Crippen LogP contribution in [0.1, 0.15) is 100 Å². The fraction of sp³-hybridized carbons (Fsp3) is 0.529. The minimum absolute atomic E-state index is 0.152. The van der Waals surface area contributed by atoms with Crippen molar-refractivity contribution >= 4 is 33.1 Å². The van der Waals surface area contributed by atoms with E-state index in [4.69, 9.17) is 9.47 Å². The number of carbonyl (C=O) groups is 2. The number of ether oxygens (including phenoxy) is 2. The van der Waals surface area contributed by atoms with Crippen molar-refractivity contribution in [2.45, 2.75) is 96.2 Å². The van der Waals surface area contributed by atoms with Gasteiger partial charge in [0.1, 0.15) is 11.4 Å². The van der Waals surface area contributed by atoms with Crippen LogP contribution in [0.5, 0.6) is 5.75 Å². The third-order valence-electron chi connectivity index (χ3n) is 9.29. The van der Waals surface area contributed by atoms with E-state index in [1.807, 2.05) is 39.8 Å². The molecular formula is C34H46N4O6S. The molecule has 1 aliphatic carbocycles. The molecule has 1 aromatic heterocycles. The minimum Gasteiger partial charge on any atom is -0.497 e. The lowest BCUT2D eigenvalue weighted by Crippen LogP contribution is -2.53. The molecule has 2 heterocycles. The van der Waals surface area contributed by atoms with Crippen molar-refractivity contribution in [1.82, 2.24) is 18.9 Å². The van der Waals surface area contributed by atoms with Crippen LogP contribution in [-0.2, 0) is 21.5 Å². The third-order valence-corrected chi connectivity index (χ3v) is 10.7. The molecule has 45 heavy (non-hydrogen) atoms. The largest absolute Gasteiger partial charge is 0.497 e. The summed E-state index contributed by atoms with van der Waals surface area (Å²) in [4.78, 5) is 26.6. The number of hydrogen-bond donors (Lipinski definition) is 2. The number of carbonyl (C=O) groups excluding carboxylic acids is 2. The van der Waals surface area contributed by atoms with Gasteiger partial charge in [0.25, 0.3) is 5.91 Å². The molecule has 2 amide bonds. The number of nitrogens with one attached hydrogen (secondary N) is 2. The molecule has 5 rings (SSSR count). The highest BCUT2D eigenvalue weighted by molar-refractivity contribution is 7.87. The molecule has 0 saturated heterocycles. The normalized spacial score (nSPS) is 20.7. The van der Waals surface area contributed by atoms with Gasteiger partial charge in [0.05, 0.1) is 18.3 Å². The zero-order valence-corrected chi connectivity index (χ0v) is 28.4. The lowest BCUT2D eigenvalue weighted by molar-refractivity contribution is 0.0438. The molecule has 1 saturated carbocycles. The standard InChI is InChI=1S/C34H46N4O6S/c1-21-27-19-24(43-8)15-17-25(27)30-29(22-12-10-9-11-13-22)26-16-14-23(31(39)36-45(41,42)37(6)7)18-28(26)38(30)20-34(21,5)35-32(40)44-33(2,3)4/h14-19,21-22H,9-13,20H2,1-8H3,(H,35,40)(H,36,39)/t21-,34-/m0/s1. The summed E-state index contributed by atoms with van der Waals surface area (Å²) >= 11 is 0. The van der Waals surface area contributed by atoms with Gasteiger partial charge in [0, 0.05) is 48.6 Å². The molecule has 0 radical (unpaired) electrons. The Morgan fingerprint density at radius 1 is 1.04 bits per heavy atom. The molecule has 244 valence electrons. The molecule has 0 unspecified atom stereocenters. The van der Waals surface area contributed by atoms with Crippen molar-refractivity contribution in [1.29, 1.82) is 0 Å². The van der Waals surface area contributed by atoms with Crippen molar-refractivity contribution in [3.05, 3.63) is 53.1 Å². The van der Waals surface area contributed by atoms with Crippen LogP contribution in [0.4, 0.5) is 4.79 Å². The quantitative estimate of drug-likeness (QED) is 0.327. The molecule has 0 bridgehead atoms. The summed E-state index contributed by atoms with van der Waals surface area (Å²) in [5, 5.41) is 4.24. The summed E-state index contributed by atoms with van der Waals surface area (Å²) in [7, 11) is 0.405. The number of fused-ring (bicyclic) bond motifs is 5. The summed E-state index contributed by atoms with van der Waals surface area (Å²) in [6.45, 7) is 10.0. The smallest absolute Gasteiger partial charge is 0.408 e. The van der Waals surface area contributed by atoms with Gasteiger partial charge in [-0.2, -0.15) is 12.7 Å². The summed E-state index contributed by atoms with van der Waals surface area (Å²) in [5.41, 5.74) is 3.96. The van der Waals surface area contributed by atoms with Gasteiger partial charge in [0.2, 0.25) is 0 Å². The summed E-state index contributed by atoms with van der Waals surface area (Å²) in [6.07, 6.45) is 5.10. The van der Waals surface area contributed by atoms with Crippen LogP contribution in [0.25, 0.3) is 22.2 Å². The zero-order chi connectivity index (χ0) is 32.9. The van der Waals surface area contributed by atoms with Gasteiger partial charge >= 0.3 is 16.3 Å². The molecule has 2 atom stereocenters. The van der Waals surface area contributed by atoms with E-state index in [9.17, 15) is 18.0 Å². The Labute approximate surface area is 266 Å². The van der Waals surface area contributed by atoms with Crippen molar-refractivity contribution < 1.29 is 27.5 Å². The van der Waals surface area contributed by atoms with Crippen LogP contribution < -0.4 is 14.8 Å². The molecule has 2 aliphatic rings. The monoisotopic (exact) mass is 638 g/mol. The first-order valence-corrected chi connectivity index (χ1v) is 17.1. The van der Waals surface area contributed by atoms with Gasteiger partial charge in [-0.3, -0.25) is 4.79 Å². The highest BCUT2D eigenvalue weighted by Crippen LogP contribution is 2.50. The first-order valence-electron chi connectivity index (χ1n) is 15.6. The van der Waals surface area contributed by atoms with Gasteiger partial charge in [0.15, 0.2) is 0 Å². The van der Waals surface area contributed by atoms with Crippen LogP contribution in [-0.4, -0.2) is 61.6 Å². The molecule has 2 aromatic carbocycles. The van der Waals surface area contributed by atoms with Crippen LogP contribution in [0, 0.1) is 0 Å². The zero-order valence-electron chi connectivity index (χ0n) is 27.6. The number of methoxy groups -OCH3 is 1. The highest BCUT2D eigenvalue weighted by atomic mass is 32.2. The second-order valence-corrected chi connectivity index (χ2v) is 15.7. The summed E-state index contributed by atoms with van der Waals surface area (Å²) in [5.74, 6) is 0.188. The molecule has 10 nitrogen and oxygen atoms in total. The summed E-state index contributed by atoms with van der Waals surface area (Å²) in [6, 6.07) is 11.5. The van der Waals surface area contributed by atoms with Gasteiger partial charge in [-0.05, 0) is 87.9 Å². The first kappa shape index (κ1) is 32.8. The van der Waals surface area contributed by atoms with E-state index >= 15 is 0 Å². The number of amides is 2. The predicted molar refractivity (Wildman–Crippen MR) is 176 cm³/mol. The fourth-order valence-electron chi connectivity index (χ4n) is 6.78. The maximum absolute atomic E-state index is 13.3. The lowest BCUT2D eigenvalue weighted by Gasteiger charge is -2.37. The van der Waals surface area contributed by atoms with Crippen LogP contribution in [0.15, 0.2) is 36.4 Å². The molecule has 0 spiro atoms. The van der Waals surface area contributed by atoms with Crippen molar-refractivity contribution in [2.75, 3.05) is 21.2 Å². The first-order chi connectivity index (χ1) is 21.0. The highest BCUT2D eigenvalue weighted by Gasteiger charge is 2.42. The van der Waals surface area contributed by atoms with Crippen molar-refractivity contribution in [2.24, 2.45) is 0 Å². The molecular weight excluding hydrogens is 592 g/mol. The molecule has 3 aromatic rings. The summed E-state index contributed by atoms with van der Waals surface area (Å²) < 4.78 is 41.7. The molecule has 1 fully saturated rings. The van der Waals surface area contributed by atoms with E-state index in [0.29, 0.717) is 12.5 Å². The van der Waals surface area contributed by atoms with Crippen molar-refractivity contribution in [3.8, 4) is 17.0 Å². The maximum atomic E-state index is 13.3. The van der Waals surface area contributed by atoms with Gasteiger partial charge in [-0.25, -0.2) is 9.52 Å². The second-order valence-electron chi connectivity index (χ2n) is 13.9. The molecule has 1 aliphatic heterocycles. The molecule has 11 heteroatoms. The average Bonchev–Trinajstić information content (AvgIpc) is 3.23. The van der Waals surface area contributed by atoms with Crippen LogP contribution in [0.2, 0.25) is 0 Å². The Balaban J connectivity index is 1.77. The Morgan fingerprint density at radius 3 is 2.36 bits per heavy atom. The number of rotatable bonds is 6. The number of aromatic nitrogens is 1. The number of benzene rings is 2. The predicted octanol–water partition coefficient (Wildman–Crippen LogP) is 6.30. The van der Waals surface area contributed by atoms with E-state index in [2.05, 4.69) is 33.7 Å². The second kappa shape index (κ2) is 12.0. The molecule has 2 N–H and O–H groups in total. The number of hydrogen-bond acceptors (Lipinski definition) is 6. The Kier molecular flexibility index (Phi) is 8.74. The van der Waals surface area contributed by atoms with E-state index in [-0.39, 0.29) is 11.5 Å². The van der Waals surface area contributed by atoms with E-state index in [1.54, 1.807) is 19.2 Å². The van der Waals surface area contributed by atoms with Crippen LogP contribution >= 0.6 is 0 Å². The van der Waals surface area contributed by atoms with Gasteiger partial charge in [-0.1, -0.05) is 32.3 Å². The van der Waals surface area contributed by atoms with Gasteiger partial charge < -0.3 is 19.4 Å². The average molecular weight is 639 g/mol. The van der Waals surface area contributed by atoms with E-state index in [1.165, 1.54) is 26.1 Å². The minimum atomic E-state index is -3.98. The number of nitrogens with zero attached hydrogens (tertiary/aromatic N) is 2. The fourth-order valence-corrected chi connectivity index (χ4v) is 7.31. The Bertz CT molecular complexity index is 1730. The lowest BCUT2D eigenvalue weighted by atomic mass is 9.78. The Hall–Kier alpha value is -3.57. The van der Waals surface area contributed by atoms with E-state index < -0.39 is 33.3 Å². The Morgan fingerprint density at radius 2 is 1.73 bits per heavy atom. The van der Waals surface area contributed by atoms with Crippen molar-refractivity contribution in [3.63, 3.8) is 0 Å². The SMILES string of the molecule is COc1ccc2c(c1)[C@H](C)[C@@](C)(NC(=O)OC(C)(C)C)Cn1c-2c(C2CCCCC2)c2ccc(C(=O)NS(=O)(=O)N(C)C)cc21. The van der Waals surface area contributed by atoms with E-state index in [0.717, 1.165) is 63.5 Å². The number of alkyl carbamates (subject to hydrolysis) is 1. The van der Waals surface area contributed by atoms with Crippen LogP contribution in [0.3, 0.4) is 0 Å². The maximum Gasteiger partial charge on any atom is 0.408 e. The van der Waals surface area contributed by atoms with Gasteiger partial charge in [-0.15, -0.1) is 0 Å². The topological polar surface area (TPSA) is 119 Å².